The van der Waals surface area contributed by atoms with Crippen LogP contribution in [-0.2, 0) is 0 Å². The van der Waals surface area contributed by atoms with Crippen LogP contribution < -0.4 is 10.1 Å². The highest BCUT2D eigenvalue weighted by Crippen LogP contribution is 2.25. The number of hydrogen-bond donors (Lipinski definition) is 1. The van der Waals surface area contributed by atoms with Crippen LogP contribution in [0.2, 0.25) is 5.02 Å². The SMILES string of the molecule is CNC1CCCCC1Oc1ncc(Cl)cc1F. The summed E-state index contributed by atoms with van der Waals surface area (Å²) in [7, 11) is 1.90. The molecule has 1 aromatic rings. The van der Waals surface area contributed by atoms with Crippen LogP contribution in [0.4, 0.5) is 4.39 Å². The third kappa shape index (κ3) is 3.07. The van der Waals surface area contributed by atoms with Crippen LogP contribution in [0.15, 0.2) is 12.3 Å². The summed E-state index contributed by atoms with van der Waals surface area (Å²) in [5, 5.41) is 3.48. The summed E-state index contributed by atoms with van der Waals surface area (Å²) in [5.41, 5.74) is 0. The summed E-state index contributed by atoms with van der Waals surface area (Å²) in [6, 6.07) is 1.49. The number of aromatic nitrogens is 1. The molecule has 1 N–H and O–H groups in total. The van der Waals surface area contributed by atoms with Crippen molar-refractivity contribution in [3.05, 3.63) is 23.1 Å². The third-order valence-corrected chi connectivity index (χ3v) is 3.32. The number of rotatable bonds is 3. The lowest BCUT2D eigenvalue weighted by molar-refractivity contribution is 0.107. The van der Waals surface area contributed by atoms with Gasteiger partial charge in [0, 0.05) is 12.2 Å². The highest BCUT2D eigenvalue weighted by Gasteiger charge is 2.26. The van der Waals surface area contributed by atoms with Gasteiger partial charge in [-0.15, -0.1) is 0 Å². The van der Waals surface area contributed by atoms with Gasteiger partial charge in [-0.05, 0) is 32.4 Å². The maximum absolute atomic E-state index is 13.5. The van der Waals surface area contributed by atoms with Gasteiger partial charge in [-0.25, -0.2) is 9.37 Å². The van der Waals surface area contributed by atoms with Gasteiger partial charge in [-0.2, -0.15) is 0 Å². The molecule has 0 amide bonds. The van der Waals surface area contributed by atoms with E-state index in [0.717, 1.165) is 19.3 Å². The number of nitrogens with zero attached hydrogens (tertiary/aromatic N) is 1. The van der Waals surface area contributed by atoms with Gasteiger partial charge < -0.3 is 10.1 Å². The van der Waals surface area contributed by atoms with Gasteiger partial charge in [0.15, 0.2) is 5.82 Å². The molecule has 0 spiro atoms. The second-order valence-electron chi connectivity index (χ2n) is 4.28. The molecule has 17 heavy (non-hydrogen) atoms. The number of ether oxygens (including phenoxy) is 1. The minimum atomic E-state index is -0.502. The number of likely N-dealkylation sites (N-methyl/N-ethyl adjacent to an activating group) is 1. The van der Waals surface area contributed by atoms with Crippen LogP contribution in [0.25, 0.3) is 0 Å². The van der Waals surface area contributed by atoms with Gasteiger partial charge in [0.25, 0.3) is 5.88 Å². The van der Waals surface area contributed by atoms with Crippen LogP contribution in [-0.4, -0.2) is 24.2 Å². The van der Waals surface area contributed by atoms with Crippen LogP contribution in [0.3, 0.4) is 0 Å². The van der Waals surface area contributed by atoms with E-state index in [0.29, 0.717) is 0 Å². The molecule has 1 saturated carbocycles. The van der Waals surface area contributed by atoms with Crippen molar-refractivity contribution in [3.8, 4) is 5.88 Å². The average Bonchev–Trinajstić information content (AvgIpc) is 2.33. The van der Waals surface area contributed by atoms with Crippen LogP contribution in [0, 0.1) is 5.82 Å². The van der Waals surface area contributed by atoms with Crippen LogP contribution >= 0.6 is 11.6 Å². The van der Waals surface area contributed by atoms with Crippen molar-refractivity contribution in [2.24, 2.45) is 0 Å². The first kappa shape index (κ1) is 12.6. The molecule has 0 radical (unpaired) electrons. The van der Waals surface area contributed by atoms with E-state index in [2.05, 4.69) is 10.3 Å². The molecule has 2 atom stereocenters. The molecule has 0 aromatic carbocycles. The predicted octanol–water partition coefficient (Wildman–Crippen LogP) is 2.78. The number of nitrogens with one attached hydrogen (secondary N) is 1. The summed E-state index contributed by atoms with van der Waals surface area (Å²) in [6.07, 6.45) is 5.65. The molecule has 0 saturated heterocycles. The largest absolute Gasteiger partial charge is 0.471 e. The normalized spacial score (nSPS) is 24.6. The summed E-state index contributed by atoms with van der Waals surface area (Å²) in [4.78, 5) is 3.88. The molecule has 2 unspecified atom stereocenters. The molecule has 2 rings (SSSR count). The highest BCUT2D eigenvalue weighted by atomic mass is 35.5. The minimum Gasteiger partial charge on any atom is -0.471 e. The Morgan fingerprint density at radius 1 is 1.47 bits per heavy atom. The van der Waals surface area contributed by atoms with Gasteiger partial charge in [-0.1, -0.05) is 18.0 Å². The zero-order valence-electron chi connectivity index (χ0n) is 9.75. The van der Waals surface area contributed by atoms with Crippen molar-refractivity contribution in [2.45, 2.75) is 37.8 Å². The van der Waals surface area contributed by atoms with E-state index in [9.17, 15) is 4.39 Å². The molecule has 0 aliphatic heterocycles. The molecule has 5 heteroatoms. The van der Waals surface area contributed by atoms with Gasteiger partial charge >= 0.3 is 0 Å². The van der Waals surface area contributed by atoms with Gasteiger partial charge in [0.2, 0.25) is 0 Å². The van der Waals surface area contributed by atoms with Gasteiger partial charge in [0.1, 0.15) is 6.10 Å². The topological polar surface area (TPSA) is 34.1 Å². The number of halogens is 2. The molecule has 1 aliphatic rings. The molecule has 1 heterocycles. The second-order valence-corrected chi connectivity index (χ2v) is 4.71. The third-order valence-electron chi connectivity index (χ3n) is 3.11. The van der Waals surface area contributed by atoms with E-state index < -0.39 is 5.82 Å². The highest BCUT2D eigenvalue weighted by molar-refractivity contribution is 6.30. The summed E-state index contributed by atoms with van der Waals surface area (Å²) >= 11 is 5.65. The summed E-state index contributed by atoms with van der Waals surface area (Å²) in [6.45, 7) is 0. The van der Waals surface area contributed by atoms with Crippen molar-refractivity contribution >= 4 is 11.6 Å². The summed E-state index contributed by atoms with van der Waals surface area (Å²) in [5.74, 6) is -0.459. The zero-order chi connectivity index (χ0) is 12.3. The molecular formula is C12H16ClFN2O. The van der Waals surface area contributed by atoms with E-state index in [1.807, 2.05) is 7.05 Å². The summed E-state index contributed by atoms with van der Waals surface area (Å²) < 4.78 is 19.2. The second kappa shape index (κ2) is 5.65. The first-order valence-corrected chi connectivity index (χ1v) is 6.23. The fourth-order valence-electron chi connectivity index (χ4n) is 2.20. The Labute approximate surface area is 105 Å². The number of hydrogen-bond acceptors (Lipinski definition) is 3. The first-order valence-electron chi connectivity index (χ1n) is 5.85. The fourth-order valence-corrected chi connectivity index (χ4v) is 2.34. The van der Waals surface area contributed by atoms with E-state index in [1.54, 1.807) is 0 Å². The fraction of sp³-hybridized carbons (Fsp3) is 0.583. The van der Waals surface area contributed by atoms with E-state index in [4.69, 9.17) is 16.3 Å². The van der Waals surface area contributed by atoms with Crippen LogP contribution in [0.5, 0.6) is 5.88 Å². The Morgan fingerprint density at radius 3 is 2.94 bits per heavy atom. The van der Waals surface area contributed by atoms with Gasteiger partial charge in [-0.3, -0.25) is 0 Å². The first-order chi connectivity index (χ1) is 8.20. The zero-order valence-corrected chi connectivity index (χ0v) is 10.5. The quantitative estimate of drug-likeness (QED) is 0.905. The smallest absolute Gasteiger partial charge is 0.250 e. The molecule has 1 aliphatic carbocycles. The average molecular weight is 259 g/mol. The van der Waals surface area contributed by atoms with Crippen molar-refractivity contribution in [2.75, 3.05) is 7.05 Å². The number of pyridine rings is 1. The van der Waals surface area contributed by atoms with Crippen molar-refractivity contribution in [1.29, 1.82) is 0 Å². The van der Waals surface area contributed by atoms with Gasteiger partial charge in [0.05, 0.1) is 5.02 Å². The molecule has 1 aromatic heterocycles. The van der Waals surface area contributed by atoms with Crippen molar-refractivity contribution < 1.29 is 9.13 Å². The lowest BCUT2D eigenvalue weighted by atomic mass is 9.92. The van der Waals surface area contributed by atoms with Crippen molar-refractivity contribution in [1.82, 2.24) is 10.3 Å². The van der Waals surface area contributed by atoms with Crippen molar-refractivity contribution in [3.63, 3.8) is 0 Å². The Morgan fingerprint density at radius 2 is 2.24 bits per heavy atom. The van der Waals surface area contributed by atoms with Crippen LogP contribution in [0.1, 0.15) is 25.7 Å². The minimum absolute atomic E-state index is 0.0167. The Hall–Kier alpha value is -0.870. The Kier molecular flexibility index (Phi) is 4.18. The molecule has 3 nitrogen and oxygen atoms in total. The maximum Gasteiger partial charge on any atom is 0.250 e. The molecular weight excluding hydrogens is 243 g/mol. The molecule has 0 bridgehead atoms. The standard InChI is InChI=1S/C12H16ClFN2O/c1-15-10-4-2-3-5-11(10)17-12-9(14)6-8(13)7-16-12/h6-7,10-11,15H,2-5H2,1H3. The van der Waals surface area contributed by atoms with E-state index >= 15 is 0 Å². The Balaban J connectivity index is 2.08. The van der Waals surface area contributed by atoms with E-state index in [1.165, 1.54) is 18.7 Å². The lowest BCUT2D eigenvalue weighted by Gasteiger charge is -2.31. The lowest BCUT2D eigenvalue weighted by Crippen LogP contribution is -2.43. The monoisotopic (exact) mass is 258 g/mol. The maximum atomic E-state index is 13.5. The molecule has 94 valence electrons. The molecule has 1 fully saturated rings. The predicted molar refractivity (Wildman–Crippen MR) is 64.9 cm³/mol. The Bertz CT molecular complexity index is 389. The van der Waals surface area contributed by atoms with E-state index in [-0.39, 0.29) is 23.0 Å².